The van der Waals surface area contributed by atoms with Crippen LogP contribution in [-0.2, 0) is 14.3 Å². The number of benzene rings is 1. The van der Waals surface area contributed by atoms with Crippen LogP contribution < -0.4 is 0 Å². The smallest absolute Gasteiger partial charge is 0.331 e. The third-order valence-electron chi connectivity index (χ3n) is 15.7. The number of phenolic OH excluding ortho intramolecular Hbond substituents is 1. The second kappa shape index (κ2) is 10.5. The summed E-state index contributed by atoms with van der Waals surface area (Å²) in [5.74, 6) is 0.741. The summed E-state index contributed by atoms with van der Waals surface area (Å²) in [5.41, 5.74) is 1.49. The highest BCUT2D eigenvalue weighted by Crippen LogP contribution is 2.81. The van der Waals surface area contributed by atoms with Gasteiger partial charge in [-0.05, 0) is 140 Å². The van der Waals surface area contributed by atoms with Gasteiger partial charge in [0.15, 0.2) is 0 Å². The second-order valence-electron chi connectivity index (χ2n) is 17.5. The van der Waals surface area contributed by atoms with Crippen LogP contribution in [0, 0.1) is 56.2 Å². The lowest BCUT2D eigenvalue weighted by molar-refractivity contribution is -0.277. The summed E-state index contributed by atoms with van der Waals surface area (Å²) >= 11 is 0. The molecule has 5 saturated carbocycles. The zero-order chi connectivity index (χ0) is 32.8. The zero-order valence-electron chi connectivity index (χ0n) is 28.7. The molecular weight excluding hydrogens is 560 g/mol. The summed E-state index contributed by atoms with van der Waals surface area (Å²) in [7, 11) is 0. The van der Waals surface area contributed by atoms with Gasteiger partial charge in [0.1, 0.15) is 11.9 Å². The number of hydrogen-bond donors (Lipinski definition) is 2. The Morgan fingerprint density at radius 3 is 2.13 bits per heavy atom. The number of carbonyl (C=O) groups excluding carboxylic acids is 1. The molecule has 2 N–H and O–H groups in total. The lowest BCUT2D eigenvalue weighted by Gasteiger charge is -2.75. The Labute approximate surface area is 270 Å². The molecule has 5 aliphatic rings. The van der Waals surface area contributed by atoms with Crippen LogP contribution in [0.4, 0.5) is 0 Å². The number of aliphatic carboxylic acids is 1. The predicted octanol–water partition coefficient (Wildman–Crippen LogP) is 9.45. The van der Waals surface area contributed by atoms with E-state index in [0.717, 1.165) is 69.8 Å². The van der Waals surface area contributed by atoms with Crippen molar-refractivity contribution in [2.75, 3.05) is 0 Å². The topological polar surface area (TPSA) is 83.8 Å². The number of carbonyl (C=O) groups is 2. The normalized spacial score (nSPS) is 45.1. The van der Waals surface area contributed by atoms with Gasteiger partial charge in [-0.15, -0.1) is 0 Å². The van der Waals surface area contributed by atoms with Gasteiger partial charge in [0.25, 0.3) is 0 Å². The molecule has 5 nitrogen and oxygen atoms in total. The van der Waals surface area contributed by atoms with Crippen molar-refractivity contribution < 1.29 is 24.5 Å². The molecule has 0 aliphatic heterocycles. The lowest BCUT2D eigenvalue weighted by atomic mass is 9.29. The van der Waals surface area contributed by atoms with E-state index in [-0.39, 0.29) is 56.7 Å². The summed E-state index contributed by atoms with van der Waals surface area (Å²) in [6.07, 6.45) is 13.0. The molecule has 0 saturated heterocycles. The van der Waals surface area contributed by atoms with E-state index in [1.165, 1.54) is 11.6 Å². The van der Waals surface area contributed by atoms with Gasteiger partial charge in [0.05, 0.1) is 5.41 Å². The first-order valence-corrected chi connectivity index (χ1v) is 17.5. The third kappa shape index (κ3) is 4.37. The van der Waals surface area contributed by atoms with Gasteiger partial charge in [-0.2, -0.15) is 0 Å². The molecule has 0 spiro atoms. The van der Waals surface area contributed by atoms with Crippen molar-refractivity contribution >= 4 is 18.0 Å². The van der Waals surface area contributed by atoms with E-state index in [1.54, 1.807) is 30.3 Å². The van der Waals surface area contributed by atoms with Gasteiger partial charge in [-0.1, -0.05) is 65.8 Å². The van der Waals surface area contributed by atoms with Gasteiger partial charge in [-0.25, -0.2) is 4.79 Å². The molecular formula is C40H56O5. The van der Waals surface area contributed by atoms with E-state index in [2.05, 4.69) is 55.0 Å². The average molecular weight is 617 g/mol. The van der Waals surface area contributed by atoms with E-state index < -0.39 is 11.4 Å². The first kappa shape index (κ1) is 32.4. The SMILES string of the molecule is C=C(C)C1CC[C@]2(C(=O)O)CC[C@@]3(C)[C@]4(C)CC[C@H]5C(C)(C)[C@@H](OC(=O)/C=C\c6ccc(O)cc6)CC[C@]5(C)[C@H]4CC[C@]3(C)[C@@H]12. The van der Waals surface area contributed by atoms with Crippen LogP contribution in [0.15, 0.2) is 42.5 Å². The molecule has 0 bridgehead atoms. The van der Waals surface area contributed by atoms with Crippen LogP contribution >= 0.6 is 0 Å². The average Bonchev–Trinajstić information content (AvgIpc) is 3.38. The van der Waals surface area contributed by atoms with Crippen molar-refractivity contribution in [3.63, 3.8) is 0 Å². The van der Waals surface area contributed by atoms with Gasteiger partial charge >= 0.3 is 11.9 Å². The highest BCUT2D eigenvalue weighted by molar-refractivity contribution is 5.87. The Kier molecular flexibility index (Phi) is 7.54. The summed E-state index contributed by atoms with van der Waals surface area (Å²) < 4.78 is 6.21. The van der Waals surface area contributed by atoms with Gasteiger partial charge in [-0.3, -0.25) is 4.79 Å². The largest absolute Gasteiger partial charge is 0.508 e. The minimum absolute atomic E-state index is 0.0467. The van der Waals surface area contributed by atoms with Crippen LogP contribution in [0.2, 0.25) is 0 Å². The summed E-state index contributed by atoms with van der Waals surface area (Å²) in [4.78, 5) is 26.1. The number of carboxylic acid groups (broad SMARTS) is 1. The maximum atomic E-state index is 13.1. The Morgan fingerprint density at radius 2 is 1.49 bits per heavy atom. The monoisotopic (exact) mass is 616 g/mol. The van der Waals surface area contributed by atoms with Crippen LogP contribution in [0.3, 0.4) is 0 Å². The molecule has 0 amide bonds. The Bertz CT molecular complexity index is 1410. The van der Waals surface area contributed by atoms with Crippen molar-refractivity contribution in [3.05, 3.63) is 48.1 Å². The van der Waals surface area contributed by atoms with Crippen LogP contribution in [0.25, 0.3) is 6.08 Å². The van der Waals surface area contributed by atoms with E-state index in [0.29, 0.717) is 11.8 Å². The molecule has 45 heavy (non-hydrogen) atoms. The molecule has 0 aromatic heterocycles. The fraction of sp³-hybridized carbons (Fsp3) is 0.700. The number of hydrogen-bond acceptors (Lipinski definition) is 4. The van der Waals surface area contributed by atoms with E-state index in [4.69, 9.17) is 4.74 Å². The predicted molar refractivity (Wildman–Crippen MR) is 178 cm³/mol. The number of carboxylic acids is 1. The number of phenols is 1. The van der Waals surface area contributed by atoms with Gasteiger partial charge < -0.3 is 14.9 Å². The summed E-state index contributed by atoms with van der Waals surface area (Å²) in [5, 5.41) is 20.3. The first-order chi connectivity index (χ1) is 21.0. The van der Waals surface area contributed by atoms with Crippen LogP contribution in [0.1, 0.15) is 118 Å². The molecule has 0 heterocycles. The molecule has 1 aromatic rings. The van der Waals surface area contributed by atoms with Crippen LogP contribution in [0.5, 0.6) is 5.75 Å². The molecule has 5 heteroatoms. The summed E-state index contributed by atoms with van der Waals surface area (Å²) in [6, 6.07) is 6.79. The van der Waals surface area contributed by atoms with Crippen molar-refractivity contribution in [2.45, 2.75) is 119 Å². The number of ether oxygens (including phenoxy) is 1. The van der Waals surface area contributed by atoms with Gasteiger partial charge in [0, 0.05) is 11.5 Å². The quantitative estimate of drug-likeness (QED) is 0.196. The van der Waals surface area contributed by atoms with Crippen molar-refractivity contribution in [1.82, 2.24) is 0 Å². The molecule has 5 fully saturated rings. The minimum atomic E-state index is -0.622. The van der Waals surface area contributed by atoms with Gasteiger partial charge in [0.2, 0.25) is 0 Å². The van der Waals surface area contributed by atoms with E-state index in [1.807, 2.05) is 0 Å². The van der Waals surface area contributed by atoms with E-state index in [9.17, 15) is 19.8 Å². The standard InChI is InChI=1S/C40H56O5/c1-25(2)28-15-22-40(34(43)44)24-23-39(8)37(6)20-16-29-35(3,4)31(45-32(42)14-11-26-9-12-27(41)13-10-26)18-19-36(29,5)30(37)17-21-38(39,7)33(28)40/h9-14,28-31,33,41H,1,15-24H2,2-8H3,(H,43,44)/b14-11-/t28?,29-,30+,31-,33+,36-,37+,38+,39-,40-/m0/s1. The fourth-order valence-electron chi connectivity index (χ4n) is 13.2. The highest BCUT2D eigenvalue weighted by atomic mass is 16.5. The molecule has 0 radical (unpaired) electrons. The van der Waals surface area contributed by atoms with Crippen molar-refractivity contribution in [1.29, 1.82) is 0 Å². The number of allylic oxidation sites excluding steroid dienone is 1. The number of aromatic hydroxyl groups is 1. The van der Waals surface area contributed by atoms with Crippen molar-refractivity contribution in [3.8, 4) is 5.75 Å². The zero-order valence-corrected chi connectivity index (χ0v) is 28.7. The Balaban J connectivity index is 1.27. The fourth-order valence-corrected chi connectivity index (χ4v) is 13.2. The minimum Gasteiger partial charge on any atom is -0.508 e. The maximum absolute atomic E-state index is 13.1. The van der Waals surface area contributed by atoms with E-state index >= 15 is 0 Å². The molecule has 1 unspecified atom stereocenters. The molecule has 1 aromatic carbocycles. The first-order valence-electron chi connectivity index (χ1n) is 17.5. The summed E-state index contributed by atoms with van der Waals surface area (Å²) in [6.45, 7) is 21.4. The molecule has 10 atom stereocenters. The van der Waals surface area contributed by atoms with Crippen LogP contribution in [-0.4, -0.2) is 28.3 Å². The second-order valence-corrected chi connectivity index (χ2v) is 17.5. The Morgan fingerprint density at radius 1 is 0.844 bits per heavy atom. The highest BCUT2D eigenvalue weighted by Gasteiger charge is 2.75. The Hall–Kier alpha value is -2.56. The number of esters is 1. The lowest BCUT2D eigenvalue weighted by Crippen LogP contribution is -2.70. The number of rotatable bonds is 5. The molecule has 246 valence electrons. The maximum Gasteiger partial charge on any atom is 0.331 e. The molecule has 5 aliphatic carbocycles. The third-order valence-corrected chi connectivity index (χ3v) is 15.7. The van der Waals surface area contributed by atoms with Crippen molar-refractivity contribution in [2.24, 2.45) is 56.2 Å². The molecule has 6 rings (SSSR count). The number of fused-ring (bicyclic) bond motifs is 7.